The Hall–Kier alpha value is -1.87. The van der Waals surface area contributed by atoms with Crippen molar-refractivity contribution in [2.45, 2.75) is 32.8 Å². The van der Waals surface area contributed by atoms with Crippen molar-refractivity contribution in [2.75, 3.05) is 11.4 Å². The zero-order valence-electron chi connectivity index (χ0n) is 12.6. The summed E-state index contributed by atoms with van der Waals surface area (Å²) in [6.45, 7) is 4.53. The number of hydrogen-bond acceptors (Lipinski definition) is 2. The fourth-order valence-electron chi connectivity index (χ4n) is 2.31. The van der Waals surface area contributed by atoms with Gasteiger partial charge in [0.1, 0.15) is 5.82 Å². The predicted octanol–water partition coefficient (Wildman–Crippen LogP) is 4.82. The van der Waals surface area contributed by atoms with Gasteiger partial charge in [-0.3, -0.25) is 0 Å². The van der Waals surface area contributed by atoms with Gasteiger partial charge in [-0.2, -0.15) is 0 Å². The summed E-state index contributed by atoms with van der Waals surface area (Å²) in [6, 6.07) is 14.8. The molecule has 0 aliphatic heterocycles. The normalized spacial score (nSPS) is 12.2. The molecule has 0 bridgehead atoms. The second-order valence-corrected chi connectivity index (χ2v) is 5.23. The van der Waals surface area contributed by atoms with Crippen LogP contribution in [0.4, 0.5) is 15.8 Å². The van der Waals surface area contributed by atoms with Gasteiger partial charge in [-0.25, -0.2) is 4.39 Å². The molecular weight excluding hydrogens is 265 g/mol. The van der Waals surface area contributed by atoms with Crippen LogP contribution in [0.1, 0.15) is 38.4 Å². The van der Waals surface area contributed by atoms with E-state index in [2.05, 4.69) is 6.92 Å². The van der Waals surface area contributed by atoms with Gasteiger partial charge in [-0.1, -0.05) is 37.6 Å². The zero-order valence-corrected chi connectivity index (χ0v) is 12.6. The van der Waals surface area contributed by atoms with E-state index in [0.29, 0.717) is 11.3 Å². The van der Waals surface area contributed by atoms with Crippen molar-refractivity contribution in [3.05, 3.63) is 59.9 Å². The third kappa shape index (κ3) is 3.82. The molecule has 1 atom stereocenters. The molecule has 112 valence electrons. The number of para-hydroxylation sites is 1. The Morgan fingerprint density at radius 3 is 2.43 bits per heavy atom. The summed E-state index contributed by atoms with van der Waals surface area (Å²) in [4.78, 5) is 1.99. The Morgan fingerprint density at radius 1 is 1.14 bits per heavy atom. The van der Waals surface area contributed by atoms with Crippen LogP contribution >= 0.6 is 0 Å². The molecule has 3 heteroatoms. The van der Waals surface area contributed by atoms with Gasteiger partial charge in [0.15, 0.2) is 0 Å². The molecule has 0 amide bonds. The number of nitrogens with zero attached hydrogens (tertiary/aromatic N) is 1. The minimum Gasteiger partial charge on any atom is -0.389 e. The maximum Gasteiger partial charge on any atom is 0.147 e. The molecule has 2 aromatic carbocycles. The molecule has 21 heavy (non-hydrogen) atoms. The summed E-state index contributed by atoms with van der Waals surface area (Å²) in [6.07, 6.45) is 1.39. The number of rotatable bonds is 6. The predicted molar refractivity (Wildman–Crippen MR) is 85.4 cm³/mol. The highest BCUT2D eigenvalue weighted by Gasteiger charge is 2.14. The van der Waals surface area contributed by atoms with Crippen molar-refractivity contribution in [2.24, 2.45) is 0 Å². The Labute approximate surface area is 125 Å². The van der Waals surface area contributed by atoms with Crippen molar-refractivity contribution >= 4 is 11.4 Å². The van der Waals surface area contributed by atoms with Gasteiger partial charge >= 0.3 is 0 Å². The number of anilines is 2. The van der Waals surface area contributed by atoms with Gasteiger partial charge in [-0.15, -0.1) is 0 Å². The minimum absolute atomic E-state index is 0.298. The molecule has 2 nitrogen and oxygen atoms in total. The van der Waals surface area contributed by atoms with Crippen LogP contribution in [0.5, 0.6) is 0 Å². The Kier molecular flexibility index (Phi) is 5.34. The SMILES string of the molecule is CCCCN(c1ccccc1)c1ccc([C@@H](C)O)cc1F. The van der Waals surface area contributed by atoms with E-state index in [1.165, 1.54) is 6.07 Å². The number of hydrogen-bond donors (Lipinski definition) is 1. The molecule has 1 N–H and O–H groups in total. The van der Waals surface area contributed by atoms with Gasteiger partial charge in [0.25, 0.3) is 0 Å². The molecular formula is C18H22FNO. The average Bonchev–Trinajstić information content (AvgIpc) is 2.50. The molecule has 0 spiro atoms. The number of aliphatic hydroxyl groups is 1. The lowest BCUT2D eigenvalue weighted by Crippen LogP contribution is -2.19. The quantitative estimate of drug-likeness (QED) is 0.823. The largest absolute Gasteiger partial charge is 0.389 e. The van der Waals surface area contributed by atoms with Gasteiger partial charge in [-0.05, 0) is 43.2 Å². The molecule has 2 aromatic rings. The summed E-state index contributed by atoms with van der Waals surface area (Å²) in [5.41, 5.74) is 2.13. The Balaban J connectivity index is 2.37. The highest BCUT2D eigenvalue weighted by molar-refractivity contribution is 5.64. The van der Waals surface area contributed by atoms with Crippen LogP contribution in [-0.4, -0.2) is 11.7 Å². The summed E-state index contributed by atoms with van der Waals surface area (Å²) < 4.78 is 14.4. The van der Waals surface area contributed by atoms with Crippen LogP contribution in [0.3, 0.4) is 0 Å². The van der Waals surface area contributed by atoms with E-state index in [1.54, 1.807) is 19.1 Å². The van der Waals surface area contributed by atoms with Crippen molar-refractivity contribution in [3.8, 4) is 0 Å². The lowest BCUT2D eigenvalue weighted by Gasteiger charge is -2.26. The van der Waals surface area contributed by atoms with E-state index in [1.807, 2.05) is 35.2 Å². The fraction of sp³-hybridized carbons (Fsp3) is 0.333. The number of aliphatic hydroxyl groups excluding tert-OH is 1. The number of unbranched alkanes of at least 4 members (excludes halogenated alkanes) is 1. The van der Waals surface area contributed by atoms with E-state index in [4.69, 9.17) is 0 Å². The summed E-state index contributed by atoms with van der Waals surface area (Å²) in [5.74, 6) is -0.298. The second kappa shape index (κ2) is 7.23. The lowest BCUT2D eigenvalue weighted by atomic mass is 10.1. The first-order chi connectivity index (χ1) is 10.1. The van der Waals surface area contributed by atoms with Crippen LogP contribution in [0.25, 0.3) is 0 Å². The number of benzene rings is 2. The monoisotopic (exact) mass is 287 g/mol. The molecule has 0 aliphatic carbocycles. The topological polar surface area (TPSA) is 23.5 Å². The molecule has 0 saturated carbocycles. The first-order valence-corrected chi connectivity index (χ1v) is 7.43. The van der Waals surface area contributed by atoms with Gasteiger partial charge in [0, 0.05) is 12.2 Å². The molecule has 2 rings (SSSR count). The summed E-state index contributed by atoms with van der Waals surface area (Å²) in [5, 5.41) is 9.56. The molecule has 0 heterocycles. The standard InChI is InChI=1S/C18H22FNO/c1-3-4-12-20(16-8-6-5-7-9-16)18-11-10-15(14(2)21)13-17(18)19/h5-11,13-14,21H,3-4,12H2,1-2H3/t14-/m1/s1. The van der Waals surface area contributed by atoms with E-state index in [9.17, 15) is 9.50 Å². The Bertz CT molecular complexity index is 569. The van der Waals surface area contributed by atoms with Crippen LogP contribution in [0.2, 0.25) is 0 Å². The summed E-state index contributed by atoms with van der Waals surface area (Å²) in [7, 11) is 0. The maximum absolute atomic E-state index is 14.4. The first kappa shape index (κ1) is 15.5. The molecule has 0 aliphatic rings. The van der Waals surface area contributed by atoms with Crippen LogP contribution in [0, 0.1) is 5.82 Å². The highest BCUT2D eigenvalue weighted by atomic mass is 19.1. The van der Waals surface area contributed by atoms with E-state index in [-0.39, 0.29) is 5.82 Å². The van der Waals surface area contributed by atoms with E-state index in [0.717, 1.165) is 25.1 Å². The minimum atomic E-state index is -0.658. The van der Waals surface area contributed by atoms with Gasteiger partial charge in [0.05, 0.1) is 11.8 Å². The van der Waals surface area contributed by atoms with Crippen molar-refractivity contribution in [3.63, 3.8) is 0 Å². The van der Waals surface area contributed by atoms with E-state index < -0.39 is 6.10 Å². The van der Waals surface area contributed by atoms with Crippen LogP contribution in [-0.2, 0) is 0 Å². The first-order valence-electron chi connectivity index (χ1n) is 7.43. The highest BCUT2D eigenvalue weighted by Crippen LogP contribution is 2.30. The second-order valence-electron chi connectivity index (χ2n) is 5.23. The third-order valence-electron chi connectivity index (χ3n) is 3.55. The maximum atomic E-state index is 14.4. The lowest BCUT2D eigenvalue weighted by molar-refractivity contribution is 0.199. The Morgan fingerprint density at radius 2 is 1.86 bits per heavy atom. The van der Waals surface area contributed by atoms with Crippen molar-refractivity contribution in [1.82, 2.24) is 0 Å². The molecule has 0 fully saturated rings. The van der Waals surface area contributed by atoms with Crippen molar-refractivity contribution in [1.29, 1.82) is 0 Å². The molecule has 0 saturated heterocycles. The smallest absolute Gasteiger partial charge is 0.147 e. The van der Waals surface area contributed by atoms with Crippen molar-refractivity contribution < 1.29 is 9.50 Å². The van der Waals surface area contributed by atoms with Crippen LogP contribution < -0.4 is 4.90 Å². The molecule has 0 unspecified atom stereocenters. The van der Waals surface area contributed by atoms with E-state index >= 15 is 0 Å². The van der Waals surface area contributed by atoms with Crippen LogP contribution in [0.15, 0.2) is 48.5 Å². The fourth-order valence-corrected chi connectivity index (χ4v) is 2.31. The average molecular weight is 287 g/mol. The molecule has 0 radical (unpaired) electrons. The molecule has 0 aromatic heterocycles. The number of halogens is 1. The van der Waals surface area contributed by atoms with Gasteiger partial charge in [0.2, 0.25) is 0 Å². The zero-order chi connectivity index (χ0) is 15.2. The summed E-state index contributed by atoms with van der Waals surface area (Å²) >= 11 is 0. The van der Waals surface area contributed by atoms with Gasteiger partial charge < -0.3 is 10.0 Å². The third-order valence-corrected chi connectivity index (χ3v) is 3.55.